The van der Waals surface area contributed by atoms with Gasteiger partial charge in [0.15, 0.2) is 6.29 Å². The van der Waals surface area contributed by atoms with Gasteiger partial charge in [-0.25, -0.2) is 0 Å². The summed E-state index contributed by atoms with van der Waals surface area (Å²) in [5.74, 6) is 1.23. The maximum absolute atomic E-state index is 12.6. The standard InChI is InChI=1S/C35H55NO9/c1-18-6-11-27(36-16-18)35(5,42)26-10-9-23-22-8-7-20-14-21(44-32-31(41)30(40)29(39)25(17-37)45-32)12-13-33(20,3)24(22)15-28(34(23,26)4)43-19(2)38/h7,18,21-26,28-32,37,39-42H,6,8-17H2,1-5H3/t18-,21+,22+,23+,24+,25-,26+,28-,29-,30+,31-,32-,33+,34+,35-/m1/s1. The van der Waals surface area contributed by atoms with E-state index in [-0.39, 0.29) is 34.9 Å². The van der Waals surface area contributed by atoms with Crippen molar-refractivity contribution in [2.45, 2.75) is 141 Å². The first-order chi connectivity index (χ1) is 21.2. The Morgan fingerprint density at radius 3 is 2.53 bits per heavy atom. The van der Waals surface area contributed by atoms with Gasteiger partial charge in [0.05, 0.1) is 12.7 Å². The second kappa shape index (κ2) is 12.2. The Balaban J connectivity index is 1.24. The van der Waals surface area contributed by atoms with Crippen molar-refractivity contribution in [2.75, 3.05) is 13.2 Å². The van der Waals surface area contributed by atoms with E-state index in [1.54, 1.807) is 0 Å². The van der Waals surface area contributed by atoms with E-state index in [0.717, 1.165) is 63.6 Å². The minimum Gasteiger partial charge on any atom is -0.462 e. The number of ether oxygens (including phenoxy) is 3. The van der Waals surface area contributed by atoms with Crippen LogP contribution in [0.1, 0.15) is 92.4 Å². The average molecular weight is 634 g/mol. The van der Waals surface area contributed by atoms with Crippen molar-refractivity contribution in [2.24, 2.45) is 45.4 Å². The molecule has 6 rings (SSSR count). The number of carbonyl (C=O) groups is 1. The van der Waals surface area contributed by atoms with Crippen molar-refractivity contribution >= 4 is 11.7 Å². The largest absolute Gasteiger partial charge is 0.462 e. The van der Waals surface area contributed by atoms with Gasteiger partial charge >= 0.3 is 5.97 Å². The number of aliphatic imine (C=N–C) groups is 1. The first-order valence-corrected chi connectivity index (χ1v) is 17.3. The lowest BCUT2D eigenvalue weighted by atomic mass is 9.45. The number of rotatable bonds is 6. The van der Waals surface area contributed by atoms with Gasteiger partial charge in [-0.2, -0.15) is 0 Å². The molecule has 4 fully saturated rings. The molecule has 0 spiro atoms. The second-order valence-electron chi connectivity index (χ2n) is 15.9. The van der Waals surface area contributed by atoms with Gasteiger partial charge in [0.2, 0.25) is 0 Å². The molecule has 6 aliphatic rings. The maximum atomic E-state index is 12.6. The highest BCUT2D eigenvalue weighted by Crippen LogP contribution is 2.68. The van der Waals surface area contributed by atoms with Gasteiger partial charge in [-0.1, -0.05) is 32.4 Å². The van der Waals surface area contributed by atoms with E-state index < -0.39 is 42.9 Å². The van der Waals surface area contributed by atoms with Crippen LogP contribution in [0.3, 0.4) is 0 Å². The highest BCUT2D eigenvalue weighted by molar-refractivity contribution is 5.93. The van der Waals surface area contributed by atoms with Crippen molar-refractivity contribution in [1.29, 1.82) is 0 Å². The summed E-state index contributed by atoms with van der Waals surface area (Å²) in [7, 11) is 0. The Bertz CT molecular complexity index is 1190. The van der Waals surface area contributed by atoms with E-state index in [9.17, 15) is 30.3 Å². The molecule has 0 aromatic carbocycles. The predicted octanol–water partition coefficient (Wildman–Crippen LogP) is 2.91. The molecule has 0 aromatic rings. The fourth-order valence-electron chi connectivity index (χ4n) is 10.8. The topological polar surface area (TPSA) is 158 Å². The van der Waals surface area contributed by atoms with Crippen LogP contribution in [0.25, 0.3) is 0 Å². The molecule has 0 amide bonds. The molecule has 5 N–H and O–H groups in total. The van der Waals surface area contributed by atoms with Crippen molar-refractivity contribution in [3.05, 3.63) is 11.6 Å². The molecular formula is C35H55NO9. The molecule has 1 saturated heterocycles. The van der Waals surface area contributed by atoms with Crippen molar-refractivity contribution in [3.63, 3.8) is 0 Å². The van der Waals surface area contributed by atoms with Gasteiger partial charge in [-0.3, -0.25) is 9.79 Å². The first-order valence-electron chi connectivity index (χ1n) is 17.3. The fourth-order valence-corrected chi connectivity index (χ4v) is 10.8. The zero-order chi connectivity index (χ0) is 32.5. The summed E-state index contributed by atoms with van der Waals surface area (Å²) in [4.78, 5) is 17.5. The highest BCUT2D eigenvalue weighted by atomic mass is 16.7. The van der Waals surface area contributed by atoms with Crippen molar-refractivity contribution in [3.8, 4) is 0 Å². The average Bonchev–Trinajstić information content (AvgIpc) is 3.37. The third-order valence-corrected chi connectivity index (χ3v) is 13.3. The van der Waals surface area contributed by atoms with Crippen LogP contribution < -0.4 is 0 Å². The number of esters is 1. The molecule has 2 heterocycles. The molecular weight excluding hydrogens is 578 g/mol. The van der Waals surface area contributed by atoms with Crippen LogP contribution in [-0.4, -0.2) is 98.9 Å². The van der Waals surface area contributed by atoms with Gasteiger partial charge < -0.3 is 39.7 Å². The molecule has 2 aliphatic heterocycles. The molecule has 254 valence electrons. The zero-order valence-corrected chi connectivity index (χ0v) is 27.6. The number of hydrogen-bond acceptors (Lipinski definition) is 10. The van der Waals surface area contributed by atoms with Gasteiger partial charge in [-0.05, 0) is 93.8 Å². The van der Waals surface area contributed by atoms with Gasteiger partial charge in [-0.15, -0.1) is 0 Å². The predicted molar refractivity (Wildman–Crippen MR) is 166 cm³/mol. The van der Waals surface area contributed by atoms with Crippen molar-refractivity contribution in [1.82, 2.24) is 0 Å². The molecule has 10 heteroatoms. The number of allylic oxidation sites excluding steroid dienone is 1. The molecule has 4 aliphatic carbocycles. The van der Waals surface area contributed by atoms with Crippen molar-refractivity contribution < 1.29 is 44.5 Å². The molecule has 0 bridgehead atoms. The molecule has 0 unspecified atom stereocenters. The maximum Gasteiger partial charge on any atom is 0.302 e. The molecule has 10 nitrogen and oxygen atoms in total. The Morgan fingerprint density at radius 2 is 1.87 bits per heavy atom. The molecule has 3 saturated carbocycles. The van der Waals surface area contributed by atoms with Crippen LogP contribution in [0.2, 0.25) is 0 Å². The fraction of sp³-hybridized carbons (Fsp3) is 0.886. The SMILES string of the molecule is CC(=O)O[C@@H]1C[C@H]2[C@@H](CC=C3C[C@@H](O[C@@H]4O[C@H](CO)[C@@H](O)[C@H](O)[C@H]4O)CC[C@@]32C)[C@@H]2CC[C@H]([C@@](C)(O)C3=NC[C@H](C)CC3)[C@@]12C. The summed E-state index contributed by atoms with van der Waals surface area (Å²) in [5.41, 5.74) is 0.692. The Hall–Kier alpha value is -1.40. The van der Waals surface area contributed by atoms with E-state index in [2.05, 4.69) is 26.8 Å². The van der Waals surface area contributed by atoms with Gasteiger partial charge in [0, 0.05) is 30.5 Å². The lowest BCUT2D eigenvalue weighted by Crippen LogP contribution is -2.61. The summed E-state index contributed by atoms with van der Waals surface area (Å²) in [5, 5.41) is 52.8. The third kappa shape index (κ3) is 5.54. The van der Waals surface area contributed by atoms with Crippen LogP contribution in [0, 0.1) is 40.4 Å². The van der Waals surface area contributed by atoms with Crippen LogP contribution in [0.15, 0.2) is 16.6 Å². The van der Waals surface area contributed by atoms with E-state index in [0.29, 0.717) is 30.1 Å². The minimum atomic E-state index is -1.47. The minimum absolute atomic E-state index is 0.0479. The summed E-state index contributed by atoms with van der Waals surface area (Å²) in [6, 6.07) is 0. The number of aliphatic hydroxyl groups excluding tert-OH is 4. The number of carbonyl (C=O) groups excluding carboxylic acids is 1. The Labute approximate surface area is 267 Å². The van der Waals surface area contributed by atoms with E-state index in [1.807, 2.05) is 6.92 Å². The van der Waals surface area contributed by atoms with E-state index in [1.165, 1.54) is 12.5 Å². The Morgan fingerprint density at radius 1 is 1.11 bits per heavy atom. The van der Waals surface area contributed by atoms with Crippen LogP contribution in [0.4, 0.5) is 0 Å². The molecule has 0 aromatic heterocycles. The van der Waals surface area contributed by atoms with Gasteiger partial charge in [0.25, 0.3) is 0 Å². The summed E-state index contributed by atoms with van der Waals surface area (Å²) in [6.07, 6.45) is 3.00. The lowest BCUT2D eigenvalue weighted by Gasteiger charge is -2.61. The lowest BCUT2D eigenvalue weighted by molar-refractivity contribution is -0.313. The van der Waals surface area contributed by atoms with Crippen LogP contribution in [0.5, 0.6) is 0 Å². The molecule has 15 atom stereocenters. The van der Waals surface area contributed by atoms with E-state index in [4.69, 9.17) is 19.2 Å². The van der Waals surface area contributed by atoms with Crippen LogP contribution in [-0.2, 0) is 19.0 Å². The third-order valence-electron chi connectivity index (χ3n) is 13.3. The van der Waals surface area contributed by atoms with E-state index >= 15 is 0 Å². The normalized spacial score (nSPS) is 49.5. The summed E-state index contributed by atoms with van der Waals surface area (Å²) < 4.78 is 18.1. The smallest absolute Gasteiger partial charge is 0.302 e. The quantitative estimate of drug-likeness (QED) is 0.219. The molecule has 0 radical (unpaired) electrons. The summed E-state index contributed by atoms with van der Waals surface area (Å²) in [6.45, 7) is 10.5. The monoisotopic (exact) mass is 633 g/mol. The highest BCUT2D eigenvalue weighted by Gasteiger charge is 2.66. The molecule has 45 heavy (non-hydrogen) atoms. The zero-order valence-electron chi connectivity index (χ0n) is 27.6. The number of fused-ring (bicyclic) bond motifs is 5. The van der Waals surface area contributed by atoms with Crippen LogP contribution >= 0.6 is 0 Å². The van der Waals surface area contributed by atoms with Gasteiger partial charge in [0.1, 0.15) is 36.1 Å². The Kier molecular flexibility index (Phi) is 9.11. The summed E-state index contributed by atoms with van der Waals surface area (Å²) >= 11 is 0. The number of nitrogens with zero attached hydrogens (tertiary/aromatic N) is 1. The first kappa shape index (κ1) is 33.5. The second-order valence-corrected chi connectivity index (χ2v) is 15.9. The number of aliphatic hydroxyl groups is 5. The number of hydrogen-bond donors (Lipinski definition) is 5.